The van der Waals surface area contributed by atoms with Crippen molar-refractivity contribution in [2.75, 3.05) is 0 Å². The van der Waals surface area contributed by atoms with Crippen molar-refractivity contribution in [2.45, 2.75) is 26.4 Å². The molecule has 0 fully saturated rings. The molecule has 0 radical (unpaired) electrons. The molecule has 0 heterocycles. The van der Waals surface area contributed by atoms with Gasteiger partial charge in [-0.2, -0.15) is 0 Å². The molecule has 0 saturated carbocycles. The maximum Gasteiger partial charge on any atom is 0.310 e. The molecule has 5 heteroatoms. The number of hydrogen-bond acceptors (Lipinski definition) is 2. The zero-order valence-corrected chi connectivity index (χ0v) is 10.4. The number of benzene rings is 1. The standard InChI is InChI=1S/C13H16F2O3/c1-7(2)11(12(16)17)13(3,18)9-5-4-8(14)6-10(9)15/h4-7,11,18H,1-3H3,(H,16,17). The maximum absolute atomic E-state index is 13.6. The Kier molecular flexibility index (Phi) is 4.06. The maximum atomic E-state index is 13.6. The molecule has 2 unspecified atom stereocenters. The SMILES string of the molecule is CC(C)C(C(=O)O)C(C)(O)c1ccc(F)cc1F. The Balaban J connectivity index is 3.30. The van der Waals surface area contributed by atoms with Crippen LogP contribution in [0.3, 0.4) is 0 Å². The molecule has 0 bridgehead atoms. The third-order valence-corrected chi connectivity index (χ3v) is 3.01. The van der Waals surface area contributed by atoms with Crippen molar-refractivity contribution in [3.8, 4) is 0 Å². The molecule has 0 amide bonds. The fourth-order valence-corrected chi connectivity index (χ4v) is 2.24. The number of carbonyl (C=O) groups is 1. The summed E-state index contributed by atoms with van der Waals surface area (Å²) in [5.41, 5.74) is -2.12. The van der Waals surface area contributed by atoms with Gasteiger partial charge in [0, 0.05) is 11.6 Å². The highest BCUT2D eigenvalue weighted by molar-refractivity contribution is 5.72. The third-order valence-electron chi connectivity index (χ3n) is 3.01. The molecule has 0 aliphatic rings. The number of rotatable bonds is 4. The van der Waals surface area contributed by atoms with Gasteiger partial charge in [-0.1, -0.05) is 19.9 Å². The van der Waals surface area contributed by atoms with E-state index in [2.05, 4.69) is 0 Å². The van der Waals surface area contributed by atoms with E-state index in [9.17, 15) is 18.7 Å². The molecule has 2 N–H and O–H groups in total. The monoisotopic (exact) mass is 258 g/mol. The van der Waals surface area contributed by atoms with Gasteiger partial charge in [0.25, 0.3) is 0 Å². The predicted molar refractivity (Wildman–Crippen MR) is 61.9 cm³/mol. The van der Waals surface area contributed by atoms with Gasteiger partial charge in [-0.3, -0.25) is 4.79 Å². The van der Waals surface area contributed by atoms with E-state index in [-0.39, 0.29) is 5.56 Å². The van der Waals surface area contributed by atoms with Gasteiger partial charge >= 0.3 is 5.97 Å². The molecule has 3 nitrogen and oxygen atoms in total. The van der Waals surface area contributed by atoms with Crippen LogP contribution in [0.4, 0.5) is 8.78 Å². The first-order valence-corrected chi connectivity index (χ1v) is 5.58. The summed E-state index contributed by atoms with van der Waals surface area (Å²) in [5, 5.41) is 19.4. The van der Waals surface area contributed by atoms with Crippen molar-refractivity contribution in [1.82, 2.24) is 0 Å². The molecule has 0 spiro atoms. The molecule has 1 aromatic rings. The van der Waals surface area contributed by atoms with Crippen molar-refractivity contribution in [3.05, 3.63) is 35.4 Å². The van der Waals surface area contributed by atoms with Crippen molar-refractivity contribution < 1.29 is 23.8 Å². The molecular weight excluding hydrogens is 242 g/mol. The summed E-state index contributed by atoms with van der Waals surface area (Å²) in [6.07, 6.45) is 0. The van der Waals surface area contributed by atoms with Crippen LogP contribution >= 0.6 is 0 Å². The van der Waals surface area contributed by atoms with E-state index in [1.807, 2.05) is 0 Å². The Hall–Kier alpha value is -1.49. The second-order valence-corrected chi connectivity index (χ2v) is 4.83. The fraction of sp³-hybridized carbons (Fsp3) is 0.462. The molecule has 0 saturated heterocycles. The number of carboxylic acids is 1. The van der Waals surface area contributed by atoms with Gasteiger partial charge in [0.05, 0.1) is 5.92 Å². The van der Waals surface area contributed by atoms with E-state index in [0.29, 0.717) is 6.07 Å². The van der Waals surface area contributed by atoms with Gasteiger partial charge in [0.2, 0.25) is 0 Å². The average Bonchev–Trinajstić information content (AvgIpc) is 2.13. The Morgan fingerprint density at radius 2 is 1.89 bits per heavy atom. The molecule has 100 valence electrons. The summed E-state index contributed by atoms with van der Waals surface area (Å²) in [6.45, 7) is 4.46. The highest BCUT2D eigenvalue weighted by Gasteiger charge is 2.42. The first-order valence-electron chi connectivity index (χ1n) is 5.58. The molecule has 0 aliphatic heterocycles. The summed E-state index contributed by atoms with van der Waals surface area (Å²) in [4.78, 5) is 11.2. The average molecular weight is 258 g/mol. The van der Waals surface area contributed by atoms with Crippen LogP contribution in [0.2, 0.25) is 0 Å². The quantitative estimate of drug-likeness (QED) is 0.872. The lowest BCUT2D eigenvalue weighted by molar-refractivity contribution is -0.155. The summed E-state index contributed by atoms with van der Waals surface area (Å²) < 4.78 is 26.5. The van der Waals surface area contributed by atoms with Crippen LogP contribution in [0.1, 0.15) is 26.3 Å². The lowest BCUT2D eigenvalue weighted by Crippen LogP contribution is -2.41. The van der Waals surface area contributed by atoms with E-state index in [1.54, 1.807) is 13.8 Å². The minimum Gasteiger partial charge on any atom is -0.481 e. The second-order valence-electron chi connectivity index (χ2n) is 4.83. The van der Waals surface area contributed by atoms with E-state index in [1.165, 1.54) is 6.92 Å². The molecular formula is C13H16F2O3. The molecule has 1 rings (SSSR count). The van der Waals surface area contributed by atoms with E-state index >= 15 is 0 Å². The van der Waals surface area contributed by atoms with E-state index < -0.39 is 35.0 Å². The van der Waals surface area contributed by atoms with Gasteiger partial charge in [0.15, 0.2) is 0 Å². The van der Waals surface area contributed by atoms with Crippen LogP contribution in [0.25, 0.3) is 0 Å². The minimum atomic E-state index is -1.90. The summed E-state index contributed by atoms with van der Waals surface area (Å²) in [7, 11) is 0. The lowest BCUT2D eigenvalue weighted by Gasteiger charge is -2.33. The smallest absolute Gasteiger partial charge is 0.310 e. The number of aliphatic hydroxyl groups is 1. The van der Waals surface area contributed by atoms with Crippen molar-refractivity contribution in [3.63, 3.8) is 0 Å². The zero-order chi connectivity index (χ0) is 14.1. The van der Waals surface area contributed by atoms with Crippen LogP contribution < -0.4 is 0 Å². The molecule has 0 aromatic heterocycles. The largest absolute Gasteiger partial charge is 0.481 e. The van der Waals surface area contributed by atoms with Crippen LogP contribution in [0.15, 0.2) is 18.2 Å². The van der Waals surface area contributed by atoms with Gasteiger partial charge in [-0.25, -0.2) is 8.78 Å². The first kappa shape index (κ1) is 14.6. The van der Waals surface area contributed by atoms with Crippen LogP contribution in [-0.4, -0.2) is 16.2 Å². The highest BCUT2D eigenvalue weighted by Crippen LogP contribution is 2.36. The number of carboxylic acid groups (broad SMARTS) is 1. The first-order chi connectivity index (χ1) is 8.17. The van der Waals surface area contributed by atoms with Gasteiger partial charge in [0.1, 0.15) is 17.2 Å². The fourth-order valence-electron chi connectivity index (χ4n) is 2.24. The number of hydrogen-bond donors (Lipinski definition) is 2. The Morgan fingerprint density at radius 1 is 1.33 bits per heavy atom. The van der Waals surface area contributed by atoms with Crippen LogP contribution in [0, 0.1) is 23.5 Å². The summed E-state index contributed by atoms with van der Waals surface area (Å²) in [5.74, 6) is -4.53. The molecule has 18 heavy (non-hydrogen) atoms. The van der Waals surface area contributed by atoms with Gasteiger partial charge in [-0.15, -0.1) is 0 Å². The summed E-state index contributed by atoms with van der Waals surface area (Å²) >= 11 is 0. The summed E-state index contributed by atoms with van der Waals surface area (Å²) in [6, 6.07) is 2.69. The molecule has 1 aromatic carbocycles. The Labute approximate surface area is 104 Å². The van der Waals surface area contributed by atoms with E-state index in [4.69, 9.17) is 5.11 Å². The van der Waals surface area contributed by atoms with E-state index in [0.717, 1.165) is 12.1 Å². The van der Waals surface area contributed by atoms with Crippen LogP contribution in [-0.2, 0) is 10.4 Å². The topological polar surface area (TPSA) is 57.5 Å². The number of aliphatic carboxylic acids is 1. The Bertz CT molecular complexity index is 456. The van der Waals surface area contributed by atoms with Crippen molar-refractivity contribution >= 4 is 5.97 Å². The van der Waals surface area contributed by atoms with Crippen molar-refractivity contribution in [2.24, 2.45) is 11.8 Å². The molecule has 2 atom stereocenters. The van der Waals surface area contributed by atoms with Gasteiger partial charge in [-0.05, 0) is 18.9 Å². The van der Waals surface area contributed by atoms with Gasteiger partial charge < -0.3 is 10.2 Å². The van der Waals surface area contributed by atoms with Crippen LogP contribution in [0.5, 0.6) is 0 Å². The minimum absolute atomic E-state index is 0.218. The van der Waals surface area contributed by atoms with Crippen molar-refractivity contribution in [1.29, 1.82) is 0 Å². The highest BCUT2D eigenvalue weighted by atomic mass is 19.1. The predicted octanol–water partition coefficient (Wildman–Crippen LogP) is 2.53. The second kappa shape index (κ2) is 5.02. The lowest BCUT2D eigenvalue weighted by atomic mass is 9.76. The molecule has 0 aliphatic carbocycles. The third kappa shape index (κ3) is 2.67. The normalized spacial score (nSPS) is 16.4. The number of halogens is 2. The Morgan fingerprint density at radius 3 is 2.28 bits per heavy atom. The zero-order valence-electron chi connectivity index (χ0n) is 10.4.